The van der Waals surface area contributed by atoms with Crippen LogP contribution in [0.25, 0.3) is 0 Å². The van der Waals surface area contributed by atoms with Crippen molar-refractivity contribution in [3.05, 3.63) is 54.3 Å². The molecule has 0 atom stereocenters. The molecule has 2 aromatic rings. The lowest BCUT2D eigenvalue weighted by Crippen LogP contribution is -2.29. The van der Waals surface area contributed by atoms with Gasteiger partial charge >= 0.3 is 0 Å². The van der Waals surface area contributed by atoms with Crippen LogP contribution in [0.3, 0.4) is 0 Å². The first-order valence-corrected chi connectivity index (χ1v) is 7.70. The Morgan fingerprint density at radius 1 is 1.14 bits per heavy atom. The molecule has 21 heavy (non-hydrogen) atoms. The second-order valence-electron chi connectivity index (χ2n) is 4.24. The van der Waals surface area contributed by atoms with E-state index in [9.17, 15) is 12.8 Å². The van der Waals surface area contributed by atoms with Crippen molar-refractivity contribution in [1.82, 2.24) is 4.72 Å². The number of anilines is 1. The Hall–Kier alpha value is -2.12. The summed E-state index contributed by atoms with van der Waals surface area (Å²) < 4.78 is 44.8. The molecule has 0 saturated carbocycles. The predicted octanol–water partition coefficient (Wildman–Crippen LogP) is 1.77. The van der Waals surface area contributed by atoms with E-state index in [4.69, 9.17) is 10.5 Å². The van der Waals surface area contributed by atoms with Gasteiger partial charge in [0.15, 0.2) is 0 Å². The predicted molar refractivity (Wildman–Crippen MR) is 77.9 cm³/mol. The monoisotopic (exact) mass is 310 g/mol. The van der Waals surface area contributed by atoms with Gasteiger partial charge in [-0.1, -0.05) is 18.2 Å². The molecule has 0 aliphatic carbocycles. The Balaban J connectivity index is 1.94. The first-order valence-electron chi connectivity index (χ1n) is 6.21. The van der Waals surface area contributed by atoms with Crippen molar-refractivity contribution in [3.63, 3.8) is 0 Å². The Morgan fingerprint density at radius 2 is 1.86 bits per heavy atom. The van der Waals surface area contributed by atoms with Gasteiger partial charge in [0.05, 0.1) is 5.69 Å². The molecule has 2 aromatic carbocycles. The highest BCUT2D eigenvalue weighted by Crippen LogP contribution is 2.18. The molecular formula is C14H15FN2O3S. The largest absolute Gasteiger partial charge is 0.492 e. The summed E-state index contributed by atoms with van der Waals surface area (Å²) in [6.45, 7) is 0.200. The fourth-order valence-electron chi connectivity index (χ4n) is 1.68. The van der Waals surface area contributed by atoms with Crippen molar-refractivity contribution >= 4 is 15.7 Å². The molecule has 5 nitrogen and oxygen atoms in total. The summed E-state index contributed by atoms with van der Waals surface area (Å²) in [5.41, 5.74) is 5.55. The molecule has 0 heterocycles. The molecule has 3 N–H and O–H groups in total. The molecule has 112 valence electrons. The van der Waals surface area contributed by atoms with Crippen molar-refractivity contribution in [2.24, 2.45) is 0 Å². The average molecular weight is 310 g/mol. The van der Waals surface area contributed by atoms with Gasteiger partial charge in [-0.25, -0.2) is 17.5 Å². The standard InChI is InChI=1S/C14H15FN2O3S/c15-11-6-7-13(16)14(10-11)21(18,19)17-8-9-20-12-4-2-1-3-5-12/h1-7,10,17H,8-9,16H2. The number of sulfonamides is 1. The van der Waals surface area contributed by atoms with Crippen LogP contribution in [-0.4, -0.2) is 21.6 Å². The fraction of sp³-hybridized carbons (Fsp3) is 0.143. The van der Waals surface area contributed by atoms with Crippen LogP contribution in [0, 0.1) is 5.82 Å². The summed E-state index contributed by atoms with van der Waals surface area (Å²) in [5.74, 6) is -0.0212. The molecule has 0 bridgehead atoms. The number of hydrogen-bond donors (Lipinski definition) is 2. The van der Waals surface area contributed by atoms with Crippen molar-refractivity contribution in [2.45, 2.75) is 4.90 Å². The van der Waals surface area contributed by atoms with E-state index in [2.05, 4.69) is 4.72 Å². The lowest BCUT2D eigenvalue weighted by atomic mass is 10.3. The number of benzene rings is 2. The number of nitrogen functional groups attached to an aromatic ring is 1. The van der Waals surface area contributed by atoms with Crippen LogP contribution in [-0.2, 0) is 10.0 Å². The zero-order valence-electron chi connectivity index (χ0n) is 11.1. The second kappa shape index (κ2) is 6.55. The van der Waals surface area contributed by atoms with Gasteiger partial charge < -0.3 is 10.5 Å². The fourth-order valence-corrected chi connectivity index (χ4v) is 2.83. The van der Waals surface area contributed by atoms with Crippen LogP contribution >= 0.6 is 0 Å². The van der Waals surface area contributed by atoms with E-state index in [-0.39, 0.29) is 23.7 Å². The first-order chi connectivity index (χ1) is 9.99. The summed E-state index contributed by atoms with van der Waals surface area (Å²) in [6.07, 6.45) is 0. The van der Waals surface area contributed by atoms with E-state index >= 15 is 0 Å². The van der Waals surface area contributed by atoms with Crippen molar-refractivity contribution in [1.29, 1.82) is 0 Å². The Labute approximate surface area is 122 Å². The van der Waals surface area contributed by atoms with E-state index in [1.165, 1.54) is 6.07 Å². The third-order valence-corrected chi connectivity index (χ3v) is 4.19. The van der Waals surface area contributed by atoms with Crippen LogP contribution in [0.2, 0.25) is 0 Å². The van der Waals surface area contributed by atoms with Crippen LogP contribution < -0.4 is 15.2 Å². The second-order valence-corrected chi connectivity index (χ2v) is 5.98. The summed E-state index contributed by atoms with van der Waals surface area (Å²) in [5, 5.41) is 0. The van der Waals surface area contributed by atoms with Gasteiger partial charge in [0, 0.05) is 6.54 Å². The van der Waals surface area contributed by atoms with Crippen molar-refractivity contribution in [2.75, 3.05) is 18.9 Å². The minimum absolute atomic E-state index is 0.00659. The maximum atomic E-state index is 13.1. The maximum Gasteiger partial charge on any atom is 0.242 e. The zero-order chi connectivity index (χ0) is 15.3. The summed E-state index contributed by atoms with van der Waals surface area (Å²) in [4.78, 5) is -0.276. The number of nitrogens with one attached hydrogen (secondary N) is 1. The molecule has 0 unspecified atom stereocenters. The maximum absolute atomic E-state index is 13.1. The topological polar surface area (TPSA) is 81.4 Å². The molecule has 0 amide bonds. The molecule has 0 spiro atoms. The number of hydrogen-bond acceptors (Lipinski definition) is 4. The SMILES string of the molecule is Nc1ccc(F)cc1S(=O)(=O)NCCOc1ccccc1. The van der Waals surface area contributed by atoms with Gasteiger partial charge in [-0.15, -0.1) is 0 Å². The van der Waals surface area contributed by atoms with Crippen LogP contribution in [0.1, 0.15) is 0 Å². The minimum atomic E-state index is -3.86. The summed E-state index contributed by atoms with van der Waals surface area (Å²) in [6, 6.07) is 12.2. The molecule has 0 aliphatic heterocycles. The quantitative estimate of drug-likeness (QED) is 0.629. The number of rotatable bonds is 6. The lowest BCUT2D eigenvalue weighted by Gasteiger charge is -2.10. The van der Waals surface area contributed by atoms with Crippen LogP contribution in [0.5, 0.6) is 5.75 Å². The Morgan fingerprint density at radius 3 is 2.57 bits per heavy atom. The van der Waals surface area contributed by atoms with E-state index < -0.39 is 15.8 Å². The lowest BCUT2D eigenvalue weighted by molar-refractivity contribution is 0.323. The zero-order valence-corrected chi connectivity index (χ0v) is 11.9. The first kappa shape index (κ1) is 15.3. The van der Waals surface area contributed by atoms with Crippen LogP contribution in [0.15, 0.2) is 53.4 Å². The third-order valence-electron chi connectivity index (χ3n) is 2.67. The van der Waals surface area contributed by atoms with Gasteiger partial charge in [-0.3, -0.25) is 0 Å². The summed E-state index contributed by atoms with van der Waals surface area (Å²) in [7, 11) is -3.86. The minimum Gasteiger partial charge on any atom is -0.492 e. The normalized spacial score (nSPS) is 11.3. The van der Waals surface area contributed by atoms with E-state index in [1.54, 1.807) is 12.1 Å². The molecule has 2 rings (SSSR count). The highest BCUT2D eigenvalue weighted by molar-refractivity contribution is 7.89. The molecule has 0 aromatic heterocycles. The van der Waals surface area contributed by atoms with E-state index in [0.29, 0.717) is 5.75 Å². The third kappa shape index (κ3) is 4.17. The van der Waals surface area contributed by atoms with Gasteiger partial charge in [0.25, 0.3) is 0 Å². The summed E-state index contributed by atoms with van der Waals surface area (Å²) >= 11 is 0. The number of para-hydroxylation sites is 1. The smallest absolute Gasteiger partial charge is 0.242 e. The van der Waals surface area contributed by atoms with Gasteiger partial charge in [0.1, 0.15) is 23.1 Å². The average Bonchev–Trinajstić information content (AvgIpc) is 2.47. The highest BCUT2D eigenvalue weighted by atomic mass is 32.2. The Kier molecular flexibility index (Phi) is 4.77. The Bertz CT molecular complexity index is 705. The highest BCUT2D eigenvalue weighted by Gasteiger charge is 2.17. The van der Waals surface area contributed by atoms with Gasteiger partial charge in [0.2, 0.25) is 10.0 Å². The number of ether oxygens (including phenoxy) is 1. The molecular weight excluding hydrogens is 295 g/mol. The number of halogens is 1. The molecule has 0 aliphatic rings. The van der Waals surface area contributed by atoms with E-state index in [0.717, 1.165) is 12.1 Å². The molecule has 0 saturated heterocycles. The molecule has 0 radical (unpaired) electrons. The molecule has 7 heteroatoms. The molecule has 0 fully saturated rings. The van der Waals surface area contributed by atoms with E-state index in [1.807, 2.05) is 18.2 Å². The van der Waals surface area contributed by atoms with Gasteiger partial charge in [-0.2, -0.15) is 0 Å². The van der Waals surface area contributed by atoms with Gasteiger partial charge in [-0.05, 0) is 30.3 Å². The van der Waals surface area contributed by atoms with Crippen LogP contribution in [0.4, 0.5) is 10.1 Å². The van der Waals surface area contributed by atoms with Crippen molar-refractivity contribution in [3.8, 4) is 5.75 Å². The van der Waals surface area contributed by atoms with Crippen molar-refractivity contribution < 1.29 is 17.5 Å². The number of nitrogens with two attached hydrogens (primary N) is 1.